The fourth-order valence-corrected chi connectivity index (χ4v) is 12.4. The number of rotatable bonds is 21. The molecule has 3 fully saturated rings. The van der Waals surface area contributed by atoms with Crippen LogP contribution < -0.4 is 14.9 Å². The number of halogens is 4. The summed E-state index contributed by atoms with van der Waals surface area (Å²) in [4.78, 5) is 23.1. The third-order valence-corrected chi connectivity index (χ3v) is 17.1. The fourth-order valence-electron chi connectivity index (χ4n) is 9.75. The molecule has 11 nitrogen and oxygen atoms in total. The second-order valence-corrected chi connectivity index (χ2v) is 23.5. The van der Waals surface area contributed by atoms with E-state index in [4.69, 9.17) is 16.3 Å². The number of piperazine rings is 1. The molecule has 3 aromatic carbocycles. The Labute approximate surface area is 452 Å². The van der Waals surface area contributed by atoms with Crippen molar-refractivity contribution in [1.29, 1.82) is 0 Å². The molecule has 0 aromatic heterocycles. The summed E-state index contributed by atoms with van der Waals surface area (Å²) >= 11 is 7.41. The van der Waals surface area contributed by atoms with Gasteiger partial charge in [0, 0.05) is 130 Å². The number of nitrogens with zero attached hydrogens (tertiary/aromatic N) is 5. The van der Waals surface area contributed by atoms with Crippen LogP contribution in [0.2, 0.25) is 5.02 Å². The zero-order chi connectivity index (χ0) is 49.0. The summed E-state index contributed by atoms with van der Waals surface area (Å²) in [5.74, 6) is 1.08. The number of anilines is 2. The molecule has 7 rings (SSSR count). The number of ether oxygens (including phenoxy) is 1. The van der Waals surface area contributed by atoms with E-state index in [0.29, 0.717) is 31.3 Å². The molecular weight excluding hydrogens is 1050 g/mol. The van der Waals surface area contributed by atoms with E-state index in [1.54, 1.807) is 12.1 Å². The van der Waals surface area contributed by atoms with Gasteiger partial charge in [-0.1, -0.05) is 48.7 Å². The number of allylic oxidation sites excluding steroid dienone is 2. The maximum Gasteiger partial charge on any atom is 0.446 e. The molecule has 19 heteroatoms. The first-order valence-electron chi connectivity index (χ1n) is 24.2. The van der Waals surface area contributed by atoms with Crippen molar-refractivity contribution in [3.8, 4) is 0 Å². The minimum Gasteiger partial charge on any atom is -0.662 e. The number of benzene rings is 3. The Morgan fingerprint density at radius 2 is 1.66 bits per heavy atom. The molecule has 2 atom stereocenters. The molecule has 0 saturated carbocycles. The smallest absolute Gasteiger partial charge is 0.446 e. The van der Waals surface area contributed by atoms with Crippen molar-refractivity contribution in [3.05, 3.63) is 105 Å². The van der Waals surface area contributed by atoms with Gasteiger partial charge in [0.1, 0.15) is 0 Å². The van der Waals surface area contributed by atoms with Gasteiger partial charge in [0.15, 0.2) is 0 Å². The van der Waals surface area contributed by atoms with Crippen LogP contribution in [0.4, 0.5) is 24.5 Å². The van der Waals surface area contributed by atoms with Crippen LogP contribution in [0, 0.1) is 11.8 Å². The maximum absolute atomic E-state index is 13.9. The largest absolute Gasteiger partial charge is 0.662 e. The molecule has 3 heterocycles. The summed E-state index contributed by atoms with van der Waals surface area (Å²) in [6, 6.07) is 18.4. The zero-order valence-electron chi connectivity index (χ0n) is 40.5. The van der Waals surface area contributed by atoms with Gasteiger partial charge in [0.05, 0.1) is 18.1 Å². The number of thioether (sulfide) groups is 2. The summed E-state index contributed by atoms with van der Waals surface area (Å²) in [7, 11) is -2.27. The average Bonchev–Trinajstić information content (AvgIpc) is 3.33. The van der Waals surface area contributed by atoms with Crippen LogP contribution >= 0.6 is 35.1 Å². The maximum atomic E-state index is 13.9. The van der Waals surface area contributed by atoms with Gasteiger partial charge in [-0.05, 0) is 147 Å². The van der Waals surface area contributed by atoms with E-state index in [9.17, 15) is 26.4 Å². The summed E-state index contributed by atoms with van der Waals surface area (Å²) in [5.41, 5.74) is 0.729. The summed E-state index contributed by atoms with van der Waals surface area (Å²) in [5, 5.41) is 8.52. The van der Waals surface area contributed by atoms with Crippen LogP contribution in [-0.2, 0) is 47.5 Å². The van der Waals surface area contributed by atoms with Crippen LogP contribution in [0.3, 0.4) is 0 Å². The fraction of sp³-hybridized carbons (Fsp3) is 0.549. The molecule has 1 radical (unpaired) electrons. The molecule has 1 amide bonds. The second-order valence-electron chi connectivity index (χ2n) is 18.9. The quantitative estimate of drug-likeness (QED) is 0.0995. The van der Waals surface area contributed by atoms with Gasteiger partial charge in [0.25, 0.3) is 15.9 Å². The van der Waals surface area contributed by atoms with Crippen LogP contribution in [0.5, 0.6) is 0 Å². The van der Waals surface area contributed by atoms with Crippen molar-refractivity contribution in [2.45, 2.75) is 73.2 Å². The number of hydrogen-bond donors (Lipinski definition) is 2. The summed E-state index contributed by atoms with van der Waals surface area (Å²) in [6.45, 7) is 17.9. The van der Waals surface area contributed by atoms with Crippen LogP contribution in [0.25, 0.3) is 10.9 Å². The van der Waals surface area contributed by atoms with E-state index in [2.05, 4.69) is 60.7 Å². The van der Waals surface area contributed by atoms with Crippen molar-refractivity contribution in [2.24, 2.45) is 11.8 Å². The molecule has 2 unspecified atom stereocenters. The third kappa shape index (κ3) is 17.8. The molecule has 3 aliphatic heterocycles. The normalized spacial score (nSPS) is 19.5. The Morgan fingerprint density at radius 1 is 0.957 bits per heavy atom. The summed E-state index contributed by atoms with van der Waals surface area (Å²) in [6.07, 6.45) is 7.59. The van der Waals surface area contributed by atoms with Gasteiger partial charge in [-0.25, -0.2) is 13.1 Å². The molecule has 70 heavy (non-hydrogen) atoms. The van der Waals surface area contributed by atoms with Crippen molar-refractivity contribution >= 4 is 68.0 Å². The Morgan fingerprint density at radius 3 is 2.33 bits per heavy atom. The number of nitrogens with one attached hydrogen (secondary N) is 2. The zero-order valence-corrected chi connectivity index (χ0v) is 46.6. The van der Waals surface area contributed by atoms with E-state index in [0.717, 1.165) is 119 Å². The minimum absolute atomic E-state index is 0. The van der Waals surface area contributed by atoms with Gasteiger partial charge < -0.3 is 25.2 Å². The van der Waals surface area contributed by atoms with Crippen LogP contribution in [0.15, 0.2) is 93.6 Å². The average molecular weight is 1120 g/mol. The Balaban J connectivity index is 0.00000804. The van der Waals surface area contributed by atoms with Crippen molar-refractivity contribution < 1.29 is 63.8 Å². The van der Waals surface area contributed by atoms with E-state index in [1.807, 2.05) is 31.2 Å². The summed E-state index contributed by atoms with van der Waals surface area (Å²) < 4.78 is 76.4. The molecule has 3 saturated heterocycles. The molecule has 1 aliphatic carbocycles. The van der Waals surface area contributed by atoms with Crippen molar-refractivity contribution in [2.75, 3.05) is 115 Å². The van der Waals surface area contributed by atoms with E-state index < -0.39 is 38.1 Å². The number of carbonyl (C=O) groups is 1. The number of morpholine rings is 1. The molecule has 4 aliphatic rings. The predicted molar refractivity (Wildman–Crippen MR) is 278 cm³/mol. The number of sulfonamides is 1. The van der Waals surface area contributed by atoms with Gasteiger partial charge in [-0.15, -0.1) is 24.9 Å². The first-order chi connectivity index (χ1) is 33.1. The van der Waals surface area contributed by atoms with Crippen LogP contribution in [-0.4, -0.2) is 145 Å². The van der Waals surface area contributed by atoms with Crippen LogP contribution in [0.1, 0.15) is 67.8 Å². The standard InChI is InChI=1S/C51H68ClF3N7O4S3.Y/c1-37(2)67-36-44(19-23-60-28-30-66-31-29-60)57-48-15-13-46(33-49(48)68-51(53,54)55)69(64,65)58-50(63)41-7-11-45(12-8-41)62-26-24-61(25-27-62)35-42-32-38(4-14-47(42)40-5-9-43(52)10-6-40)18-22-59(3)34-39-16-20-56-21-17-39;/h5-13,15,33,38-39,44,57H,1,4,14,16-32,34-36H2,2-3H3,(H,58,63);/q-1;. The Bertz CT molecular complexity index is 2310. The minimum atomic E-state index is -4.69. The number of alkyl halides is 3. The topological polar surface area (TPSA) is 112 Å². The van der Waals surface area contributed by atoms with Gasteiger partial charge in [0.2, 0.25) is 0 Å². The molecule has 0 spiro atoms. The first-order valence-corrected chi connectivity index (χ1v) is 27.9. The molecule has 2 N–H and O–H groups in total. The SMILES string of the molecule is C=C(C)SCC(CCN1CCOCC1)Nc1ccc(S(=O)(=O)NC(=O)c2ccc(N3CCN(CC4=C(c5ccc(Cl)cc5)CCC(CCN(C)CC5CC[N-]CC5)C4)CC3)cc2)cc1SC(F)(F)F.[Y]. The number of carbonyl (C=O) groups excluding carboxylic acids is 1. The van der Waals surface area contributed by atoms with Gasteiger partial charge in [-0.2, -0.15) is 13.2 Å². The second kappa shape index (κ2) is 27.4. The predicted octanol–water partition coefficient (Wildman–Crippen LogP) is 10.3. The van der Waals surface area contributed by atoms with E-state index in [-0.39, 0.29) is 54.9 Å². The van der Waals surface area contributed by atoms with Gasteiger partial charge in [-0.3, -0.25) is 14.6 Å². The molecular formula is C51H68ClF3N7O4S3Y-. The third-order valence-electron chi connectivity index (χ3n) is 13.6. The van der Waals surface area contributed by atoms with E-state index in [1.165, 1.54) is 66.3 Å². The van der Waals surface area contributed by atoms with Crippen molar-refractivity contribution in [3.63, 3.8) is 0 Å². The first kappa shape index (κ1) is 57.1. The number of hydrogen-bond acceptors (Lipinski definition) is 11. The number of piperidine rings is 1. The Hall–Kier alpha value is -2.16. The van der Waals surface area contributed by atoms with E-state index >= 15 is 0 Å². The molecule has 0 bridgehead atoms. The van der Waals surface area contributed by atoms with Gasteiger partial charge >= 0.3 is 5.51 Å². The monoisotopic (exact) mass is 1120 g/mol. The number of amides is 1. The molecule has 381 valence electrons. The Kier molecular flexibility index (Phi) is 22.4. The van der Waals surface area contributed by atoms with Crippen molar-refractivity contribution in [1.82, 2.24) is 19.4 Å². The molecule has 3 aromatic rings.